The molecular weight excluding hydrogens is 352 g/mol. The maximum absolute atomic E-state index is 12.8. The fourth-order valence-corrected chi connectivity index (χ4v) is 5.00. The van der Waals surface area contributed by atoms with Crippen molar-refractivity contribution < 1.29 is 14.3 Å². The van der Waals surface area contributed by atoms with Crippen LogP contribution in [0.5, 0.6) is 5.75 Å². The number of methoxy groups -OCH3 is 1. The van der Waals surface area contributed by atoms with Crippen LogP contribution in [0.15, 0.2) is 36.4 Å². The molecule has 3 aliphatic rings. The van der Waals surface area contributed by atoms with Gasteiger partial charge in [-0.3, -0.25) is 9.59 Å². The van der Waals surface area contributed by atoms with Gasteiger partial charge in [-0.2, -0.15) is 0 Å². The van der Waals surface area contributed by atoms with Crippen LogP contribution in [0.25, 0.3) is 0 Å². The standard InChI is InChI=1S/C23H30N2O3/c1-28-20-4-2-3-19(15-20)24-22(26)8-6-16-9-11-25(12-10-16)23(27)21-14-17-5-7-18(21)13-17/h2-5,7,15-18,21H,6,8-14H2,1H3,(H,24,26)/t17-,18+,21+/m0/s1. The first kappa shape index (κ1) is 19.0. The van der Waals surface area contributed by atoms with Gasteiger partial charge in [0.05, 0.1) is 7.11 Å². The molecule has 1 saturated heterocycles. The van der Waals surface area contributed by atoms with Gasteiger partial charge in [-0.15, -0.1) is 0 Å². The van der Waals surface area contributed by atoms with E-state index in [4.69, 9.17) is 4.74 Å². The highest BCUT2D eigenvalue weighted by atomic mass is 16.5. The number of likely N-dealkylation sites (tertiary alicyclic amines) is 1. The minimum absolute atomic E-state index is 0.0422. The SMILES string of the molecule is COc1cccc(NC(=O)CCC2CCN(C(=O)[C@@H]3C[C@H]4C=C[C@@H]3C4)CC2)c1. The number of fused-ring (bicyclic) bond motifs is 2. The Morgan fingerprint density at radius 2 is 2.00 bits per heavy atom. The van der Waals surface area contributed by atoms with E-state index in [0.717, 1.165) is 50.2 Å². The molecule has 1 aliphatic heterocycles. The third kappa shape index (κ3) is 4.23. The number of carbonyl (C=O) groups excluding carboxylic acids is 2. The topological polar surface area (TPSA) is 58.6 Å². The Hall–Kier alpha value is -2.30. The second-order valence-electron chi connectivity index (χ2n) is 8.47. The van der Waals surface area contributed by atoms with Crippen LogP contribution in [-0.2, 0) is 9.59 Å². The second-order valence-corrected chi connectivity index (χ2v) is 8.47. The highest BCUT2D eigenvalue weighted by molar-refractivity contribution is 5.90. The number of nitrogens with zero attached hydrogens (tertiary/aromatic N) is 1. The average molecular weight is 383 g/mol. The maximum Gasteiger partial charge on any atom is 0.226 e. The predicted octanol–water partition coefficient (Wildman–Crippen LogP) is 3.86. The molecular formula is C23H30N2O3. The number of amides is 2. The quantitative estimate of drug-likeness (QED) is 0.760. The van der Waals surface area contributed by atoms with E-state index in [0.29, 0.717) is 30.1 Å². The molecule has 1 heterocycles. The van der Waals surface area contributed by atoms with Gasteiger partial charge >= 0.3 is 0 Å². The van der Waals surface area contributed by atoms with Gasteiger partial charge in [-0.05, 0) is 62.0 Å². The molecule has 5 nitrogen and oxygen atoms in total. The van der Waals surface area contributed by atoms with Crippen molar-refractivity contribution in [1.82, 2.24) is 4.90 Å². The highest BCUT2D eigenvalue weighted by Gasteiger charge is 2.41. The molecule has 1 aromatic rings. The number of rotatable bonds is 6. The van der Waals surface area contributed by atoms with Crippen LogP contribution in [0.3, 0.4) is 0 Å². The number of ether oxygens (including phenoxy) is 1. The lowest BCUT2D eigenvalue weighted by atomic mass is 9.88. The minimum atomic E-state index is 0.0422. The molecule has 2 aliphatic carbocycles. The molecule has 4 rings (SSSR count). The molecule has 5 heteroatoms. The number of piperidine rings is 1. The fraction of sp³-hybridized carbons (Fsp3) is 0.565. The van der Waals surface area contributed by atoms with Crippen LogP contribution in [0.2, 0.25) is 0 Å². The summed E-state index contributed by atoms with van der Waals surface area (Å²) in [5.74, 6) is 3.02. The first-order chi connectivity index (χ1) is 13.6. The third-order valence-electron chi connectivity index (χ3n) is 6.66. The summed E-state index contributed by atoms with van der Waals surface area (Å²) in [5, 5.41) is 2.95. The molecule has 150 valence electrons. The van der Waals surface area contributed by atoms with Gasteiger partial charge in [0.2, 0.25) is 11.8 Å². The van der Waals surface area contributed by atoms with Gasteiger partial charge in [0.15, 0.2) is 0 Å². The average Bonchev–Trinajstić information content (AvgIpc) is 3.36. The number of hydrogen-bond acceptors (Lipinski definition) is 3. The van der Waals surface area contributed by atoms with Gasteiger partial charge < -0.3 is 15.0 Å². The van der Waals surface area contributed by atoms with Crippen molar-refractivity contribution in [2.45, 2.75) is 38.5 Å². The molecule has 0 unspecified atom stereocenters. The fourth-order valence-electron chi connectivity index (χ4n) is 5.00. The molecule has 1 aromatic carbocycles. The first-order valence-electron chi connectivity index (χ1n) is 10.5. The molecule has 1 N–H and O–H groups in total. The Labute approximate surface area is 167 Å². The highest BCUT2D eigenvalue weighted by Crippen LogP contribution is 2.44. The Bertz CT molecular complexity index is 752. The zero-order valence-electron chi connectivity index (χ0n) is 16.6. The Balaban J connectivity index is 1.19. The van der Waals surface area contributed by atoms with Crippen molar-refractivity contribution in [2.75, 3.05) is 25.5 Å². The van der Waals surface area contributed by atoms with E-state index in [-0.39, 0.29) is 11.8 Å². The van der Waals surface area contributed by atoms with Gasteiger partial charge in [0, 0.05) is 37.2 Å². The smallest absolute Gasteiger partial charge is 0.226 e. The van der Waals surface area contributed by atoms with E-state index >= 15 is 0 Å². The first-order valence-corrected chi connectivity index (χ1v) is 10.5. The number of allylic oxidation sites excluding steroid dienone is 2. The van der Waals surface area contributed by atoms with E-state index in [1.807, 2.05) is 24.3 Å². The van der Waals surface area contributed by atoms with Crippen LogP contribution in [0, 0.1) is 23.7 Å². The van der Waals surface area contributed by atoms with Crippen LogP contribution in [-0.4, -0.2) is 36.9 Å². The minimum Gasteiger partial charge on any atom is -0.497 e. The summed E-state index contributed by atoms with van der Waals surface area (Å²) in [5.41, 5.74) is 0.768. The molecule has 1 saturated carbocycles. The van der Waals surface area contributed by atoms with Gasteiger partial charge in [0.25, 0.3) is 0 Å². The van der Waals surface area contributed by atoms with E-state index in [2.05, 4.69) is 22.4 Å². The maximum atomic E-state index is 12.8. The van der Waals surface area contributed by atoms with Crippen LogP contribution >= 0.6 is 0 Å². The third-order valence-corrected chi connectivity index (χ3v) is 6.66. The Morgan fingerprint density at radius 3 is 2.68 bits per heavy atom. The monoisotopic (exact) mass is 382 g/mol. The number of carbonyl (C=O) groups is 2. The molecule has 28 heavy (non-hydrogen) atoms. The normalized spacial score (nSPS) is 26.5. The summed E-state index contributed by atoms with van der Waals surface area (Å²) in [6.07, 6.45) is 10.2. The second kappa shape index (κ2) is 8.38. The lowest BCUT2D eigenvalue weighted by Crippen LogP contribution is -2.42. The van der Waals surface area contributed by atoms with E-state index in [1.165, 1.54) is 6.42 Å². The van der Waals surface area contributed by atoms with Crippen LogP contribution < -0.4 is 10.1 Å². The van der Waals surface area contributed by atoms with Crippen molar-refractivity contribution >= 4 is 17.5 Å². The van der Waals surface area contributed by atoms with Gasteiger partial charge in [-0.1, -0.05) is 18.2 Å². The molecule has 0 aromatic heterocycles. The van der Waals surface area contributed by atoms with E-state index in [1.54, 1.807) is 7.11 Å². The predicted molar refractivity (Wildman–Crippen MR) is 109 cm³/mol. The Morgan fingerprint density at radius 1 is 1.18 bits per heavy atom. The summed E-state index contributed by atoms with van der Waals surface area (Å²) in [6.45, 7) is 1.69. The number of nitrogens with one attached hydrogen (secondary N) is 1. The molecule has 2 amide bonds. The summed E-state index contributed by atoms with van der Waals surface area (Å²) >= 11 is 0. The Kier molecular flexibility index (Phi) is 5.69. The van der Waals surface area contributed by atoms with E-state index in [9.17, 15) is 9.59 Å². The largest absolute Gasteiger partial charge is 0.497 e. The summed E-state index contributed by atoms with van der Waals surface area (Å²) in [7, 11) is 1.62. The van der Waals surface area contributed by atoms with Crippen molar-refractivity contribution in [3.05, 3.63) is 36.4 Å². The molecule has 0 spiro atoms. The zero-order valence-corrected chi connectivity index (χ0v) is 16.6. The van der Waals surface area contributed by atoms with Gasteiger partial charge in [0.1, 0.15) is 5.75 Å². The summed E-state index contributed by atoms with van der Waals surface area (Å²) < 4.78 is 5.19. The van der Waals surface area contributed by atoms with Crippen LogP contribution in [0.4, 0.5) is 5.69 Å². The van der Waals surface area contributed by atoms with Crippen molar-refractivity contribution in [1.29, 1.82) is 0 Å². The van der Waals surface area contributed by atoms with Crippen molar-refractivity contribution in [2.24, 2.45) is 23.7 Å². The zero-order chi connectivity index (χ0) is 19.5. The summed E-state index contributed by atoms with van der Waals surface area (Å²) in [4.78, 5) is 27.2. The van der Waals surface area contributed by atoms with E-state index < -0.39 is 0 Å². The molecule has 0 radical (unpaired) electrons. The molecule has 3 atom stereocenters. The number of hydrogen-bond donors (Lipinski definition) is 1. The van der Waals surface area contributed by atoms with Crippen molar-refractivity contribution in [3.63, 3.8) is 0 Å². The molecule has 2 bridgehead atoms. The summed E-state index contributed by atoms with van der Waals surface area (Å²) in [6, 6.07) is 7.42. The lowest BCUT2D eigenvalue weighted by molar-refractivity contribution is -0.138. The van der Waals surface area contributed by atoms with Crippen LogP contribution in [0.1, 0.15) is 38.5 Å². The lowest BCUT2D eigenvalue weighted by Gasteiger charge is -2.34. The molecule has 2 fully saturated rings. The number of anilines is 1. The van der Waals surface area contributed by atoms with Gasteiger partial charge in [-0.25, -0.2) is 0 Å². The van der Waals surface area contributed by atoms with Crippen molar-refractivity contribution in [3.8, 4) is 5.75 Å². The number of benzene rings is 1.